The lowest BCUT2D eigenvalue weighted by Gasteiger charge is -2.10. The van der Waals surface area contributed by atoms with Crippen molar-refractivity contribution in [2.75, 3.05) is 0 Å². The van der Waals surface area contributed by atoms with Gasteiger partial charge in [0.25, 0.3) is 0 Å². The molecule has 0 radical (unpaired) electrons. The fourth-order valence-corrected chi connectivity index (χ4v) is 2.47. The van der Waals surface area contributed by atoms with Crippen molar-refractivity contribution in [1.82, 2.24) is 19.5 Å². The average Bonchev–Trinajstić information content (AvgIpc) is 2.72. The van der Waals surface area contributed by atoms with Gasteiger partial charge in [-0.05, 0) is 12.1 Å². The number of alkyl halides is 3. The maximum absolute atomic E-state index is 12.8. The Morgan fingerprint density at radius 1 is 1.29 bits per heavy atom. The third-order valence-electron chi connectivity index (χ3n) is 3.04. The van der Waals surface area contributed by atoms with E-state index >= 15 is 0 Å². The molecule has 0 spiro atoms. The molecule has 21 heavy (non-hydrogen) atoms. The molecule has 3 rings (SSSR count). The summed E-state index contributed by atoms with van der Waals surface area (Å²) in [6, 6.07) is 1.63. The first-order valence-corrected chi connectivity index (χ1v) is 6.26. The summed E-state index contributed by atoms with van der Waals surface area (Å²) in [5.74, 6) is 0. The van der Waals surface area contributed by atoms with Gasteiger partial charge in [-0.1, -0.05) is 18.2 Å². The molecule has 3 aromatic heterocycles. The topological polar surface area (TPSA) is 43.6 Å². The van der Waals surface area contributed by atoms with Crippen LogP contribution in [0.3, 0.4) is 0 Å². The van der Waals surface area contributed by atoms with Crippen LogP contribution in [-0.2, 0) is 6.54 Å². The number of pyridine rings is 1. The fourth-order valence-electron chi connectivity index (χ4n) is 2.24. The second-order valence-corrected chi connectivity index (χ2v) is 4.75. The van der Waals surface area contributed by atoms with E-state index in [1.165, 1.54) is 18.6 Å². The summed E-state index contributed by atoms with van der Waals surface area (Å²) in [5, 5.41) is 0.504. The van der Waals surface area contributed by atoms with E-state index in [4.69, 9.17) is 11.6 Å². The van der Waals surface area contributed by atoms with Crippen molar-refractivity contribution in [2.45, 2.75) is 12.7 Å². The summed E-state index contributed by atoms with van der Waals surface area (Å²) in [5.41, 5.74) is 1.35. The summed E-state index contributed by atoms with van der Waals surface area (Å²) in [7, 11) is 0. The van der Waals surface area contributed by atoms with Crippen LogP contribution in [0.15, 0.2) is 25.2 Å². The second kappa shape index (κ2) is 4.70. The molecule has 0 unspecified atom stereocenters. The van der Waals surface area contributed by atoms with E-state index in [-0.39, 0.29) is 10.7 Å². The van der Waals surface area contributed by atoms with Gasteiger partial charge < -0.3 is 4.57 Å². The van der Waals surface area contributed by atoms with Crippen LogP contribution in [0.25, 0.3) is 28.0 Å². The number of aromatic nitrogens is 4. The van der Waals surface area contributed by atoms with Gasteiger partial charge in [0.2, 0.25) is 0 Å². The normalized spacial score (nSPS) is 12.2. The summed E-state index contributed by atoms with van der Waals surface area (Å²) in [4.78, 5) is 11.9. The lowest BCUT2D eigenvalue weighted by Crippen LogP contribution is -2.17. The van der Waals surface area contributed by atoms with Gasteiger partial charge in [0, 0.05) is 5.39 Å². The minimum Gasteiger partial charge on any atom is -0.326 e. The van der Waals surface area contributed by atoms with Crippen LogP contribution < -0.4 is 0 Å². The Kier molecular flexibility index (Phi) is 3.09. The Balaban J connectivity index is 2.44. The molecule has 0 bridgehead atoms. The van der Waals surface area contributed by atoms with Crippen molar-refractivity contribution in [1.29, 1.82) is 0 Å². The van der Waals surface area contributed by atoms with Crippen molar-refractivity contribution in [3.05, 3.63) is 36.0 Å². The lowest BCUT2D eigenvalue weighted by atomic mass is 10.2. The number of hydrogen-bond donors (Lipinski definition) is 0. The van der Waals surface area contributed by atoms with Crippen molar-refractivity contribution in [3.8, 4) is 0 Å². The summed E-state index contributed by atoms with van der Waals surface area (Å²) in [6.45, 7) is 2.41. The highest BCUT2D eigenvalue weighted by atomic mass is 35.5. The number of halogens is 4. The maximum Gasteiger partial charge on any atom is 0.406 e. The predicted octanol–water partition coefficient (Wildman–Crippen LogP) is 3.84. The van der Waals surface area contributed by atoms with E-state index in [0.717, 1.165) is 4.57 Å². The van der Waals surface area contributed by atoms with E-state index < -0.39 is 12.7 Å². The molecule has 0 saturated carbocycles. The van der Waals surface area contributed by atoms with Crippen LogP contribution in [0.2, 0.25) is 5.15 Å². The van der Waals surface area contributed by atoms with E-state index in [2.05, 4.69) is 21.5 Å². The third-order valence-corrected chi connectivity index (χ3v) is 3.32. The first-order chi connectivity index (χ1) is 9.90. The highest BCUT2D eigenvalue weighted by molar-refractivity contribution is 6.34. The van der Waals surface area contributed by atoms with Crippen molar-refractivity contribution in [2.24, 2.45) is 0 Å². The predicted molar refractivity (Wildman–Crippen MR) is 74.0 cm³/mol. The van der Waals surface area contributed by atoms with E-state index in [0.29, 0.717) is 22.1 Å². The highest BCUT2D eigenvalue weighted by Crippen LogP contribution is 2.33. The van der Waals surface area contributed by atoms with Gasteiger partial charge in [-0.3, -0.25) is 4.98 Å². The van der Waals surface area contributed by atoms with Gasteiger partial charge in [0.1, 0.15) is 23.9 Å². The van der Waals surface area contributed by atoms with Crippen LogP contribution in [-0.4, -0.2) is 25.7 Å². The fraction of sp³-hybridized carbons (Fsp3) is 0.154. The monoisotopic (exact) mass is 312 g/mol. The zero-order chi connectivity index (χ0) is 15.2. The first kappa shape index (κ1) is 13.8. The van der Waals surface area contributed by atoms with Crippen LogP contribution in [0, 0.1) is 0 Å². The molecule has 0 aliphatic heterocycles. The van der Waals surface area contributed by atoms with Gasteiger partial charge in [0.15, 0.2) is 5.15 Å². The van der Waals surface area contributed by atoms with Gasteiger partial charge in [-0.2, -0.15) is 13.2 Å². The number of rotatable bonds is 2. The molecule has 0 aliphatic rings. The van der Waals surface area contributed by atoms with Crippen molar-refractivity contribution in [3.63, 3.8) is 0 Å². The molecule has 0 amide bonds. The molecule has 3 heterocycles. The standard InChI is InChI=1S/C13H8ClF3N4/c1-2-7-3-8-9(4-18-7)21(5-13(15,16)17)11-10(8)19-6-20-12(11)14/h2-4,6H,1,5H2. The van der Waals surface area contributed by atoms with Crippen LogP contribution in [0.1, 0.15) is 5.69 Å². The molecule has 0 atom stereocenters. The van der Waals surface area contributed by atoms with E-state index in [1.54, 1.807) is 6.07 Å². The highest BCUT2D eigenvalue weighted by Gasteiger charge is 2.30. The van der Waals surface area contributed by atoms with E-state index in [1.807, 2.05) is 0 Å². The molecule has 3 aromatic rings. The summed E-state index contributed by atoms with van der Waals surface area (Å²) >= 11 is 5.96. The second-order valence-electron chi connectivity index (χ2n) is 4.39. The molecule has 0 aliphatic carbocycles. The smallest absolute Gasteiger partial charge is 0.326 e. The van der Waals surface area contributed by atoms with Crippen LogP contribution in [0.5, 0.6) is 0 Å². The minimum absolute atomic E-state index is 0.0272. The van der Waals surface area contributed by atoms with Crippen molar-refractivity contribution >= 4 is 39.6 Å². The average molecular weight is 313 g/mol. The van der Waals surface area contributed by atoms with Gasteiger partial charge >= 0.3 is 6.18 Å². The summed E-state index contributed by atoms with van der Waals surface area (Å²) in [6.07, 6.45) is -0.309. The third kappa shape index (κ3) is 2.33. The number of nitrogens with zero attached hydrogens (tertiary/aromatic N) is 4. The Morgan fingerprint density at radius 2 is 2.05 bits per heavy atom. The Morgan fingerprint density at radius 3 is 2.71 bits per heavy atom. The SMILES string of the molecule is C=Cc1cc2c3ncnc(Cl)c3n(CC(F)(F)F)c2cn1. The van der Waals surface area contributed by atoms with Crippen molar-refractivity contribution < 1.29 is 13.2 Å². The largest absolute Gasteiger partial charge is 0.406 e. The van der Waals surface area contributed by atoms with E-state index in [9.17, 15) is 13.2 Å². The van der Waals surface area contributed by atoms with Crippen LogP contribution in [0.4, 0.5) is 13.2 Å². The first-order valence-electron chi connectivity index (χ1n) is 5.88. The van der Waals surface area contributed by atoms with Gasteiger partial charge in [-0.15, -0.1) is 0 Å². The molecular weight excluding hydrogens is 305 g/mol. The van der Waals surface area contributed by atoms with Gasteiger partial charge in [-0.25, -0.2) is 9.97 Å². The Hall–Kier alpha value is -2.15. The maximum atomic E-state index is 12.8. The Bertz CT molecular complexity index is 854. The molecule has 0 N–H and O–H groups in total. The minimum atomic E-state index is -4.39. The molecule has 0 aromatic carbocycles. The zero-order valence-corrected chi connectivity index (χ0v) is 11.3. The molecule has 0 fully saturated rings. The quantitative estimate of drug-likeness (QED) is 0.675. The summed E-state index contributed by atoms with van der Waals surface area (Å²) < 4.78 is 39.5. The van der Waals surface area contributed by atoms with Crippen LogP contribution >= 0.6 is 11.6 Å². The molecule has 4 nitrogen and oxygen atoms in total. The molecule has 8 heteroatoms. The van der Waals surface area contributed by atoms with Gasteiger partial charge in [0.05, 0.1) is 17.4 Å². The molecular formula is C13H8ClF3N4. The number of hydrogen-bond acceptors (Lipinski definition) is 3. The zero-order valence-electron chi connectivity index (χ0n) is 10.5. The Labute approximate surface area is 121 Å². The molecule has 108 valence electrons. The molecule has 0 saturated heterocycles. The lowest BCUT2D eigenvalue weighted by molar-refractivity contribution is -0.139. The number of fused-ring (bicyclic) bond motifs is 3.